The van der Waals surface area contributed by atoms with Crippen LogP contribution >= 0.6 is 0 Å². The summed E-state index contributed by atoms with van der Waals surface area (Å²) >= 11 is 0. The molecule has 19 heavy (non-hydrogen) atoms. The number of nitrogen functional groups attached to an aromatic ring is 1. The zero-order valence-electron chi connectivity index (χ0n) is 10.1. The van der Waals surface area contributed by atoms with Crippen LogP contribution in [0.15, 0.2) is 48.5 Å². The number of nitrogens with two attached hydrogens (primary N) is 1. The molecule has 5 nitrogen and oxygen atoms in total. The van der Waals surface area contributed by atoms with Crippen LogP contribution in [0.1, 0.15) is 15.9 Å². The molecular formula is C14H12N2O3. The zero-order chi connectivity index (χ0) is 13.8. The van der Waals surface area contributed by atoms with Crippen LogP contribution < -0.4 is 5.73 Å². The van der Waals surface area contributed by atoms with Crippen molar-refractivity contribution in [2.75, 3.05) is 5.73 Å². The number of nitrogens with zero attached hydrogens (tertiary/aromatic N) is 1. The number of carbonyl (C=O) groups is 1. The summed E-state index contributed by atoms with van der Waals surface area (Å²) in [7, 11) is 0. The first kappa shape index (κ1) is 12.8. The van der Waals surface area contributed by atoms with Gasteiger partial charge in [0.15, 0.2) is 5.78 Å². The molecule has 0 saturated carbocycles. The van der Waals surface area contributed by atoms with Crippen molar-refractivity contribution in [2.45, 2.75) is 6.42 Å². The second-order valence-electron chi connectivity index (χ2n) is 4.11. The number of benzene rings is 2. The number of hydrogen-bond donors (Lipinski definition) is 1. The number of non-ortho nitro benzene ring substituents is 1. The van der Waals surface area contributed by atoms with Crippen LogP contribution in [0, 0.1) is 10.1 Å². The fraction of sp³-hybridized carbons (Fsp3) is 0.0714. The summed E-state index contributed by atoms with van der Waals surface area (Å²) in [5.41, 5.74) is 6.86. The molecule has 2 N–H and O–H groups in total. The van der Waals surface area contributed by atoms with Crippen LogP contribution in [0.2, 0.25) is 0 Å². The van der Waals surface area contributed by atoms with E-state index >= 15 is 0 Å². The van der Waals surface area contributed by atoms with Gasteiger partial charge in [0.05, 0.1) is 4.92 Å². The highest BCUT2D eigenvalue weighted by Gasteiger charge is 2.15. The Hall–Kier alpha value is -2.69. The first-order valence-corrected chi connectivity index (χ1v) is 5.69. The Kier molecular flexibility index (Phi) is 3.56. The van der Waals surface area contributed by atoms with Crippen LogP contribution in [0.3, 0.4) is 0 Å². The predicted molar refractivity (Wildman–Crippen MR) is 72.0 cm³/mol. The molecule has 0 atom stereocenters. The van der Waals surface area contributed by atoms with E-state index in [1.54, 1.807) is 0 Å². The van der Waals surface area contributed by atoms with Crippen molar-refractivity contribution in [3.63, 3.8) is 0 Å². The van der Waals surface area contributed by atoms with Crippen molar-refractivity contribution in [3.05, 3.63) is 69.8 Å². The molecule has 0 bridgehead atoms. The normalized spacial score (nSPS) is 10.1. The van der Waals surface area contributed by atoms with Gasteiger partial charge >= 0.3 is 0 Å². The smallest absolute Gasteiger partial charge is 0.270 e. The Bertz CT molecular complexity index is 624. The number of hydrogen-bond acceptors (Lipinski definition) is 4. The fourth-order valence-electron chi connectivity index (χ4n) is 1.78. The third-order valence-corrected chi connectivity index (χ3v) is 2.76. The van der Waals surface area contributed by atoms with E-state index in [-0.39, 0.29) is 29.1 Å². The average Bonchev–Trinajstić information content (AvgIpc) is 2.40. The predicted octanol–water partition coefficient (Wildman–Crippen LogP) is 2.60. The third-order valence-electron chi connectivity index (χ3n) is 2.76. The molecule has 0 saturated heterocycles. The van der Waals surface area contributed by atoms with Gasteiger partial charge in [0.25, 0.3) is 5.69 Å². The maximum Gasteiger partial charge on any atom is 0.270 e. The van der Waals surface area contributed by atoms with Crippen LogP contribution in [-0.2, 0) is 6.42 Å². The number of rotatable bonds is 4. The second kappa shape index (κ2) is 5.30. The maximum atomic E-state index is 12.1. The van der Waals surface area contributed by atoms with Crippen molar-refractivity contribution in [1.82, 2.24) is 0 Å². The van der Waals surface area contributed by atoms with E-state index in [1.165, 1.54) is 18.2 Å². The van der Waals surface area contributed by atoms with Crippen LogP contribution in [0.5, 0.6) is 0 Å². The molecule has 0 spiro atoms. The highest BCUT2D eigenvalue weighted by Crippen LogP contribution is 2.21. The van der Waals surface area contributed by atoms with Gasteiger partial charge in [0.1, 0.15) is 0 Å². The van der Waals surface area contributed by atoms with Gasteiger partial charge in [-0.1, -0.05) is 30.3 Å². The monoisotopic (exact) mass is 256 g/mol. The van der Waals surface area contributed by atoms with Crippen molar-refractivity contribution < 1.29 is 9.72 Å². The molecule has 96 valence electrons. The molecule has 0 aliphatic carbocycles. The summed E-state index contributed by atoms with van der Waals surface area (Å²) in [6.07, 6.45) is 0.173. The van der Waals surface area contributed by atoms with Gasteiger partial charge in [-0.2, -0.15) is 0 Å². The fourth-order valence-corrected chi connectivity index (χ4v) is 1.78. The summed E-state index contributed by atoms with van der Waals surface area (Å²) in [4.78, 5) is 22.3. The highest BCUT2D eigenvalue weighted by molar-refractivity contribution is 6.02. The van der Waals surface area contributed by atoms with Gasteiger partial charge < -0.3 is 5.73 Å². The first-order valence-electron chi connectivity index (χ1n) is 5.69. The molecule has 0 heterocycles. The Morgan fingerprint density at radius 1 is 1.16 bits per heavy atom. The van der Waals surface area contributed by atoms with E-state index in [0.29, 0.717) is 0 Å². The summed E-state index contributed by atoms with van der Waals surface area (Å²) in [6.45, 7) is 0. The molecule has 0 aliphatic rings. The molecule has 2 aromatic carbocycles. The van der Waals surface area contributed by atoms with Crippen LogP contribution in [-0.4, -0.2) is 10.7 Å². The van der Waals surface area contributed by atoms with Crippen molar-refractivity contribution in [3.8, 4) is 0 Å². The van der Waals surface area contributed by atoms with E-state index < -0.39 is 4.92 Å². The SMILES string of the molecule is Nc1ccc([N+](=O)[O-])cc1C(=O)Cc1ccccc1. The van der Waals surface area contributed by atoms with Gasteiger partial charge in [-0.15, -0.1) is 0 Å². The number of anilines is 1. The van der Waals surface area contributed by atoms with Gasteiger partial charge in [-0.25, -0.2) is 0 Å². The molecule has 0 unspecified atom stereocenters. The minimum absolute atomic E-state index is 0.134. The number of nitro benzene ring substituents is 1. The largest absolute Gasteiger partial charge is 0.398 e. The number of Topliss-reactive ketones (excluding diaryl/α,β-unsaturated/α-hetero) is 1. The maximum absolute atomic E-state index is 12.1. The lowest BCUT2D eigenvalue weighted by Crippen LogP contribution is -2.07. The lowest BCUT2D eigenvalue weighted by Gasteiger charge is -2.05. The van der Waals surface area contributed by atoms with Gasteiger partial charge in [-0.05, 0) is 11.6 Å². The Morgan fingerprint density at radius 3 is 2.47 bits per heavy atom. The molecule has 5 heteroatoms. The van der Waals surface area contributed by atoms with Gasteiger partial charge in [0.2, 0.25) is 0 Å². The molecule has 2 aromatic rings. The molecular weight excluding hydrogens is 244 g/mol. The molecule has 0 aliphatic heterocycles. The Balaban J connectivity index is 2.28. The van der Waals surface area contributed by atoms with E-state index in [0.717, 1.165) is 5.56 Å². The minimum Gasteiger partial charge on any atom is -0.398 e. The zero-order valence-corrected chi connectivity index (χ0v) is 10.1. The molecule has 2 rings (SSSR count). The van der Waals surface area contributed by atoms with E-state index in [9.17, 15) is 14.9 Å². The average molecular weight is 256 g/mol. The van der Waals surface area contributed by atoms with E-state index in [4.69, 9.17) is 5.73 Å². The van der Waals surface area contributed by atoms with Crippen molar-refractivity contribution in [1.29, 1.82) is 0 Å². The highest BCUT2D eigenvalue weighted by atomic mass is 16.6. The van der Waals surface area contributed by atoms with Crippen LogP contribution in [0.4, 0.5) is 11.4 Å². The quantitative estimate of drug-likeness (QED) is 0.394. The number of ketones is 1. The Morgan fingerprint density at radius 2 is 1.84 bits per heavy atom. The third kappa shape index (κ3) is 2.95. The van der Waals surface area contributed by atoms with Crippen LogP contribution in [0.25, 0.3) is 0 Å². The molecule has 0 amide bonds. The topological polar surface area (TPSA) is 86.2 Å². The standard InChI is InChI=1S/C14H12N2O3/c15-13-7-6-11(16(18)19)9-12(13)14(17)8-10-4-2-1-3-5-10/h1-7,9H,8,15H2. The minimum atomic E-state index is -0.543. The van der Waals surface area contributed by atoms with Gasteiger partial charge in [-0.3, -0.25) is 14.9 Å². The van der Waals surface area contributed by atoms with Crippen molar-refractivity contribution >= 4 is 17.2 Å². The molecule has 0 radical (unpaired) electrons. The second-order valence-corrected chi connectivity index (χ2v) is 4.11. The molecule has 0 fully saturated rings. The number of carbonyl (C=O) groups excluding carboxylic acids is 1. The summed E-state index contributed by atoms with van der Waals surface area (Å²) in [5, 5.41) is 10.7. The summed E-state index contributed by atoms with van der Waals surface area (Å²) < 4.78 is 0. The lowest BCUT2D eigenvalue weighted by molar-refractivity contribution is -0.384. The lowest BCUT2D eigenvalue weighted by atomic mass is 10.0. The van der Waals surface area contributed by atoms with Gasteiger partial charge in [0, 0.05) is 29.8 Å². The molecule has 0 aromatic heterocycles. The summed E-state index contributed by atoms with van der Waals surface area (Å²) in [5.74, 6) is -0.229. The first-order chi connectivity index (χ1) is 9.08. The van der Waals surface area contributed by atoms with Crippen molar-refractivity contribution in [2.24, 2.45) is 0 Å². The number of nitro groups is 1. The van der Waals surface area contributed by atoms with E-state index in [1.807, 2.05) is 30.3 Å². The summed E-state index contributed by atoms with van der Waals surface area (Å²) in [6, 6.07) is 13.1. The van der Waals surface area contributed by atoms with E-state index in [2.05, 4.69) is 0 Å². The Labute approximate surface area is 109 Å².